The summed E-state index contributed by atoms with van der Waals surface area (Å²) in [6, 6.07) is 0. The Morgan fingerprint density at radius 2 is 2.00 bits per heavy atom. The van der Waals surface area contributed by atoms with E-state index in [-0.39, 0.29) is 18.3 Å². The van der Waals surface area contributed by atoms with E-state index in [0.29, 0.717) is 13.0 Å². The molecule has 1 rings (SSSR count). The number of allylic oxidation sites excluding steroid dienone is 4. The SMILES string of the molecule is C=N/C(=C\C=C(/N)N1CCC(C(=C)C)C(F)C1)C(F)(F)F. The van der Waals surface area contributed by atoms with E-state index < -0.39 is 18.0 Å². The van der Waals surface area contributed by atoms with Crippen molar-refractivity contribution in [3.8, 4) is 0 Å². The van der Waals surface area contributed by atoms with Crippen LogP contribution in [-0.2, 0) is 0 Å². The van der Waals surface area contributed by atoms with Crippen molar-refractivity contribution in [3.05, 3.63) is 35.8 Å². The number of piperidine rings is 1. The molecule has 0 spiro atoms. The Labute approximate surface area is 121 Å². The first-order chi connectivity index (χ1) is 9.66. The monoisotopic (exact) mass is 305 g/mol. The van der Waals surface area contributed by atoms with E-state index in [1.807, 2.05) is 0 Å². The predicted octanol–water partition coefficient (Wildman–Crippen LogP) is 3.17. The summed E-state index contributed by atoms with van der Waals surface area (Å²) in [6.07, 6.45) is -3.38. The van der Waals surface area contributed by atoms with Crippen molar-refractivity contribution in [2.45, 2.75) is 25.7 Å². The first-order valence-electron chi connectivity index (χ1n) is 6.42. The van der Waals surface area contributed by atoms with Crippen molar-refractivity contribution in [2.75, 3.05) is 13.1 Å². The lowest BCUT2D eigenvalue weighted by molar-refractivity contribution is -0.0922. The molecule has 0 aromatic rings. The maximum absolute atomic E-state index is 14.0. The minimum Gasteiger partial charge on any atom is -0.385 e. The molecule has 0 aromatic carbocycles. The van der Waals surface area contributed by atoms with Crippen LogP contribution in [0.4, 0.5) is 17.6 Å². The summed E-state index contributed by atoms with van der Waals surface area (Å²) in [7, 11) is 0. The average molecular weight is 305 g/mol. The van der Waals surface area contributed by atoms with E-state index in [2.05, 4.69) is 18.3 Å². The lowest BCUT2D eigenvalue weighted by Crippen LogP contribution is -2.43. The number of aliphatic imine (C=N–C) groups is 1. The van der Waals surface area contributed by atoms with Crippen LogP contribution in [0.25, 0.3) is 0 Å². The molecule has 118 valence electrons. The lowest BCUT2D eigenvalue weighted by Gasteiger charge is -2.36. The zero-order valence-electron chi connectivity index (χ0n) is 11.8. The highest BCUT2D eigenvalue weighted by atomic mass is 19.4. The maximum atomic E-state index is 14.0. The Kier molecular flexibility index (Phi) is 5.57. The number of rotatable bonds is 4. The lowest BCUT2D eigenvalue weighted by atomic mass is 9.89. The van der Waals surface area contributed by atoms with Crippen molar-refractivity contribution in [1.82, 2.24) is 4.90 Å². The molecule has 1 aliphatic heterocycles. The molecule has 3 nitrogen and oxygen atoms in total. The van der Waals surface area contributed by atoms with Crippen molar-refractivity contribution in [1.29, 1.82) is 0 Å². The van der Waals surface area contributed by atoms with Crippen molar-refractivity contribution in [2.24, 2.45) is 16.6 Å². The van der Waals surface area contributed by atoms with Crippen molar-refractivity contribution < 1.29 is 17.6 Å². The number of hydrogen-bond acceptors (Lipinski definition) is 3. The number of nitrogens with two attached hydrogens (primary N) is 1. The number of nitrogens with zero attached hydrogens (tertiary/aromatic N) is 2. The van der Waals surface area contributed by atoms with Crippen LogP contribution in [0.3, 0.4) is 0 Å². The van der Waals surface area contributed by atoms with E-state index in [1.165, 1.54) is 4.90 Å². The fourth-order valence-corrected chi connectivity index (χ4v) is 2.20. The number of hydrogen-bond donors (Lipinski definition) is 1. The molecule has 7 heteroatoms. The van der Waals surface area contributed by atoms with Crippen LogP contribution in [-0.4, -0.2) is 37.1 Å². The molecule has 1 saturated heterocycles. The van der Waals surface area contributed by atoms with Crippen LogP contribution in [0.5, 0.6) is 0 Å². The van der Waals surface area contributed by atoms with E-state index in [9.17, 15) is 17.6 Å². The first-order valence-corrected chi connectivity index (χ1v) is 6.42. The topological polar surface area (TPSA) is 41.6 Å². The van der Waals surface area contributed by atoms with Crippen LogP contribution in [0, 0.1) is 5.92 Å². The molecule has 0 aliphatic carbocycles. The van der Waals surface area contributed by atoms with Gasteiger partial charge in [-0.1, -0.05) is 12.2 Å². The van der Waals surface area contributed by atoms with E-state index in [4.69, 9.17) is 5.73 Å². The van der Waals surface area contributed by atoms with Gasteiger partial charge in [0.1, 0.15) is 11.9 Å². The van der Waals surface area contributed by atoms with E-state index >= 15 is 0 Å². The van der Waals surface area contributed by atoms with Gasteiger partial charge in [-0.05, 0) is 32.2 Å². The molecule has 2 N–H and O–H groups in total. The van der Waals surface area contributed by atoms with Gasteiger partial charge in [-0.2, -0.15) is 13.2 Å². The zero-order chi connectivity index (χ0) is 16.2. The van der Waals surface area contributed by atoms with Gasteiger partial charge in [-0.15, -0.1) is 0 Å². The average Bonchev–Trinajstić information content (AvgIpc) is 2.36. The minimum absolute atomic E-state index is 0.0383. The largest absolute Gasteiger partial charge is 0.433 e. The molecule has 1 heterocycles. The maximum Gasteiger partial charge on any atom is 0.433 e. The molecule has 0 bridgehead atoms. The molecule has 0 amide bonds. The van der Waals surface area contributed by atoms with Crippen LogP contribution in [0.1, 0.15) is 13.3 Å². The van der Waals surface area contributed by atoms with Crippen molar-refractivity contribution in [3.63, 3.8) is 0 Å². The fraction of sp³-hybridized carbons (Fsp3) is 0.500. The van der Waals surface area contributed by atoms with Crippen molar-refractivity contribution >= 4 is 6.72 Å². The smallest absolute Gasteiger partial charge is 0.385 e. The Morgan fingerprint density at radius 1 is 1.38 bits per heavy atom. The molecule has 0 aromatic heterocycles. The molecular weight excluding hydrogens is 286 g/mol. The van der Waals surface area contributed by atoms with Gasteiger partial charge in [-0.25, -0.2) is 4.39 Å². The van der Waals surface area contributed by atoms with Gasteiger partial charge in [0, 0.05) is 12.5 Å². The molecule has 0 saturated carbocycles. The summed E-state index contributed by atoms with van der Waals surface area (Å²) in [5.74, 6) is -0.159. The standard InChI is InChI=1S/C14H19F4N3/c1-9(2)10-6-7-21(8-11(10)15)13(19)5-4-12(20-3)14(16,17)18/h4-5,10-11H,1,3,6-8,19H2,2H3/b12-4-,13-5+. The summed E-state index contributed by atoms with van der Waals surface area (Å²) in [5, 5.41) is 0. The molecule has 0 radical (unpaired) electrons. The second kappa shape index (κ2) is 6.78. The van der Waals surface area contributed by atoms with Gasteiger partial charge < -0.3 is 10.6 Å². The van der Waals surface area contributed by atoms with Gasteiger partial charge >= 0.3 is 6.18 Å². The number of alkyl halides is 4. The Balaban J connectivity index is 2.79. The molecule has 2 unspecified atom stereocenters. The third-order valence-corrected chi connectivity index (χ3v) is 3.41. The second-order valence-electron chi connectivity index (χ2n) is 5.00. The van der Waals surface area contributed by atoms with Gasteiger partial charge in [0.05, 0.1) is 12.4 Å². The third kappa shape index (κ3) is 4.61. The quantitative estimate of drug-likeness (QED) is 0.375. The summed E-state index contributed by atoms with van der Waals surface area (Å²) in [4.78, 5) is 4.42. The van der Waals surface area contributed by atoms with Crippen LogP contribution in [0.15, 0.2) is 40.8 Å². The Morgan fingerprint density at radius 3 is 2.43 bits per heavy atom. The highest BCUT2D eigenvalue weighted by Gasteiger charge is 2.33. The van der Waals surface area contributed by atoms with Gasteiger partial charge in [0.25, 0.3) is 0 Å². The van der Waals surface area contributed by atoms with E-state index in [0.717, 1.165) is 17.7 Å². The zero-order valence-corrected chi connectivity index (χ0v) is 11.8. The molecule has 21 heavy (non-hydrogen) atoms. The van der Waals surface area contributed by atoms with E-state index in [1.54, 1.807) is 6.92 Å². The van der Waals surface area contributed by atoms with Crippen LogP contribution in [0.2, 0.25) is 0 Å². The van der Waals surface area contributed by atoms with Gasteiger partial charge in [0.2, 0.25) is 0 Å². The Bertz CT molecular complexity index is 465. The molecule has 2 atom stereocenters. The van der Waals surface area contributed by atoms with Crippen LogP contribution >= 0.6 is 0 Å². The third-order valence-electron chi connectivity index (χ3n) is 3.41. The summed E-state index contributed by atoms with van der Waals surface area (Å²) >= 11 is 0. The van der Waals surface area contributed by atoms with Gasteiger partial charge in [0.15, 0.2) is 0 Å². The molecular formula is C14H19F4N3. The van der Waals surface area contributed by atoms with Crippen LogP contribution < -0.4 is 5.73 Å². The predicted molar refractivity (Wildman–Crippen MR) is 75.3 cm³/mol. The number of likely N-dealkylation sites (tertiary alicyclic amines) is 1. The normalized spacial score (nSPS) is 24.9. The first kappa shape index (κ1) is 17.3. The molecule has 1 fully saturated rings. The fourth-order valence-electron chi connectivity index (χ4n) is 2.20. The summed E-state index contributed by atoms with van der Waals surface area (Å²) < 4.78 is 51.3. The highest BCUT2D eigenvalue weighted by molar-refractivity contribution is 5.32. The summed E-state index contributed by atoms with van der Waals surface area (Å²) in [6.45, 7) is 8.88. The molecule has 1 aliphatic rings. The minimum atomic E-state index is -4.59. The van der Waals surface area contributed by atoms with Gasteiger partial charge in [-0.3, -0.25) is 4.99 Å². The Hall–Kier alpha value is -1.79. The summed E-state index contributed by atoms with van der Waals surface area (Å²) in [5.41, 5.74) is 5.33. The number of halogens is 4. The second-order valence-corrected chi connectivity index (χ2v) is 5.00. The highest BCUT2D eigenvalue weighted by Crippen LogP contribution is 2.28.